The van der Waals surface area contributed by atoms with Gasteiger partial charge in [0.1, 0.15) is 0 Å². The quantitative estimate of drug-likeness (QED) is 0.623. The molecule has 1 unspecified atom stereocenters. The van der Waals surface area contributed by atoms with Crippen molar-refractivity contribution in [2.75, 3.05) is 5.88 Å². The second-order valence-corrected chi connectivity index (χ2v) is 5.45. The molecule has 0 radical (unpaired) electrons. The molecule has 0 aromatic heterocycles. The molecule has 100 valence electrons. The number of rotatable bonds is 6. The Bertz CT molecular complexity index is 473. The van der Waals surface area contributed by atoms with E-state index in [-0.39, 0.29) is 0 Å². The van der Waals surface area contributed by atoms with Crippen molar-refractivity contribution >= 4 is 11.6 Å². The van der Waals surface area contributed by atoms with Crippen molar-refractivity contribution in [3.8, 4) is 0 Å². The summed E-state index contributed by atoms with van der Waals surface area (Å²) in [6.45, 7) is 2.12. The summed E-state index contributed by atoms with van der Waals surface area (Å²) in [6.07, 6.45) is 3.48. The highest BCUT2D eigenvalue weighted by Gasteiger charge is 2.09. The molecule has 0 aliphatic carbocycles. The first kappa shape index (κ1) is 14.1. The molecule has 0 saturated carbocycles. The number of halogens is 1. The first-order valence-corrected chi connectivity index (χ1v) is 7.49. The maximum Gasteiger partial charge on any atom is 0.0292 e. The standard InChI is InChI=1S/C18H21Cl/c1-15-10-12-17(13-11-15)18(14-19)9-5-8-16-6-3-2-4-7-16/h2-4,6-7,10-13,18H,5,8-9,14H2,1H3. The van der Waals surface area contributed by atoms with Crippen molar-refractivity contribution in [1.82, 2.24) is 0 Å². The lowest BCUT2D eigenvalue weighted by atomic mass is 9.93. The summed E-state index contributed by atoms with van der Waals surface area (Å²) in [7, 11) is 0. The van der Waals surface area contributed by atoms with Crippen LogP contribution in [0.1, 0.15) is 35.4 Å². The summed E-state index contributed by atoms with van der Waals surface area (Å²) in [5.74, 6) is 1.18. The molecule has 0 nitrogen and oxygen atoms in total. The molecule has 0 aliphatic rings. The van der Waals surface area contributed by atoms with Gasteiger partial charge in [-0.2, -0.15) is 0 Å². The zero-order chi connectivity index (χ0) is 13.5. The predicted molar refractivity (Wildman–Crippen MR) is 84.0 cm³/mol. The molecule has 1 atom stereocenters. The average molecular weight is 273 g/mol. The fraction of sp³-hybridized carbons (Fsp3) is 0.333. The number of hydrogen-bond acceptors (Lipinski definition) is 0. The van der Waals surface area contributed by atoms with E-state index in [4.69, 9.17) is 11.6 Å². The Morgan fingerprint density at radius 2 is 1.63 bits per heavy atom. The molecular weight excluding hydrogens is 252 g/mol. The van der Waals surface area contributed by atoms with E-state index in [1.165, 1.54) is 23.1 Å². The lowest BCUT2D eigenvalue weighted by Crippen LogP contribution is -2.01. The summed E-state index contributed by atoms with van der Waals surface area (Å²) in [4.78, 5) is 0. The molecule has 0 amide bonds. The number of hydrogen-bond donors (Lipinski definition) is 0. The van der Waals surface area contributed by atoms with Gasteiger partial charge >= 0.3 is 0 Å². The third kappa shape index (κ3) is 4.40. The normalized spacial score (nSPS) is 12.3. The molecule has 0 heterocycles. The SMILES string of the molecule is Cc1ccc(C(CCl)CCCc2ccccc2)cc1. The van der Waals surface area contributed by atoms with Gasteiger partial charge in [0.2, 0.25) is 0 Å². The van der Waals surface area contributed by atoms with E-state index in [2.05, 4.69) is 61.5 Å². The van der Waals surface area contributed by atoms with Gasteiger partial charge in [0, 0.05) is 5.88 Å². The minimum Gasteiger partial charge on any atom is -0.126 e. The minimum atomic E-state index is 0.478. The maximum absolute atomic E-state index is 6.12. The zero-order valence-electron chi connectivity index (χ0n) is 11.5. The van der Waals surface area contributed by atoms with Gasteiger partial charge in [0.25, 0.3) is 0 Å². The second-order valence-electron chi connectivity index (χ2n) is 5.14. The van der Waals surface area contributed by atoms with Crippen LogP contribution in [0.2, 0.25) is 0 Å². The molecular formula is C18H21Cl. The summed E-state index contributed by atoms with van der Waals surface area (Å²) < 4.78 is 0. The van der Waals surface area contributed by atoms with Crippen LogP contribution in [-0.2, 0) is 6.42 Å². The van der Waals surface area contributed by atoms with Crippen LogP contribution in [0.4, 0.5) is 0 Å². The lowest BCUT2D eigenvalue weighted by Gasteiger charge is -2.14. The van der Waals surface area contributed by atoms with Gasteiger partial charge in [-0.15, -0.1) is 11.6 Å². The molecule has 1 heteroatoms. The van der Waals surface area contributed by atoms with Crippen molar-refractivity contribution in [2.45, 2.75) is 32.1 Å². The Labute approximate surface area is 121 Å². The highest BCUT2D eigenvalue weighted by atomic mass is 35.5. The van der Waals surface area contributed by atoms with E-state index in [0.717, 1.165) is 12.8 Å². The molecule has 2 aromatic rings. The van der Waals surface area contributed by atoms with Gasteiger partial charge in [0.05, 0.1) is 0 Å². The Hall–Kier alpha value is -1.27. The zero-order valence-corrected chi connectivity index (χ0v) is 12.2. The fourth-order valence-electron chi connectivity index (χ4n) is 2.37. The highest BCUT2D eigenvalue weighted by molar-refractivity contribution is 6.18. The molecule has 2 rings (SSSR count). The van der Waals surface area contributed by atoms with Crippen LogP contribution in [-0.4, -0.2) is 5.88 Å². The predicted octanol–water partition coefficient (Wildman–Crippen LogP) is 5.34. The summed E-state index contributed by atoms with van der Waals surface area (Å²) in [5, 5.41) is 0. The van der Waals surface area contributed by atoms with E-state index in [1.807, 2.05) is 0 Å². The van der Waals surface area contributed by atoms with Gasteiger partial charge in [-0.05, 0) is 43.2 Å². The van der Waals surface area contributed by atoms with Gasteiger partial charge in [-0.1, -0.05) is 60.2 Å². The van der Waals surface area contributed by atoms with Crippen LogP contribution in [0.15, 0.2) is 54.6 Å². The smallest absolute Gasteiger partial charge is 0.0292 e. The van der Waals surface area contributed by atoms with E-state index < -0.39 is 0 Å². The molecule has 0 bridgehead atoms. The Kier molecular flexibility index (Phi) is 5.47. The van der Waals surface area contributed by atoms with Crippen LogP contribution in [0.3, 0.4) is 0 Å². The van der Waals surface area contributed by atoms with E-state index >= 15 is 0 Å². The first-order chi connectivity index (χ1) is 9.29. The largest absolute Gasteiger partial charge is 0.126 e. The second kappa shape index (κ2) is 7.35. The number of aryl methyl sites for hydroxylation is 2. The van der Waals surface area contributed by atoms with Gasteiger partial charge in [0.15, 0.2) is 0 Å². The van der Waals surface area contributed by atoms with Gasteiger partial charge in [-0.3, -0.25) is 0 Å². The van der Waals surface area contributed by atoms with E-state index in [9.17, 15) is 0 Å². The molecule has 0 spiro atoms. The van der Waals surface area contributed by atoms with Crippen molar-refractivity contribution in [2.24, 2.45) is 0 Å². The summed E-state index contributed by atoms with van der Waals surface area (Å²) in [5.41, 5.74) is 4.09. The molecule has 0 fully saturated rings. The average Bonchev–Trinajstić information content (AvgIpc) is 2.46. The van der Waals surface area contributed by atoms with Crippen LogP contribution >= 0.6 is 11.6 Å². The first-order valence-electron chi connectivity index (χ1n) is 6.96. The molecule has 0 aliphatic heterocycles. The Morgan fingerprint density at radius 1 is 0.947 bits per heavy atom. The fourth-order valence-corrected chi connectivity index (χ4v) is 2.70. The van der Waals surface area contributed by atoms with Crippen LogP contribution in [0, 0.1) is 6.92 Å². The Morgan fingerprint density at radius 3 is 2.26 bits per heavy atom. The third-order valence-electron chi connectivity index (χ3n) is 3.60. The molecule has 2 aromatic carbocycles. The molecule has 0 saturated heterocycles. The summed E-state index contributed by atoms with van der Waals surface area (Å²) in [6, 6.07) is 19.4. The monoisotopic (exact) mass is 272 g/mol. The maximum atomic E-state index is 6.12. The topological polar surface area (TPSA) is 0 Å². The highest BCUT2D eigenvalue weighted by Crippen LogP contribution is 2.24. The number of benzene rings is 2. The van der Waals surface area contributed by atoms with Crippen LogP contribution in [0.5, 0.6) is 0 Å². The minimum absolute atomic E-state index is 0.478. The molecule has 19 heavy (non-hydrogen) atoms. The Balaban J connectivity index is 1.87. The van der Waals surface area contributed by atoms with Crippen LogP contribution < -0.4 is 0 Å². The van der Waals surface area contributed by atoms with Crippen molar-refractivity contribution in [3.63, 3.8) is 0 Å². The van der Waals surface area contributed by atoms with Crippen molar-refractivity contribution < 1.29 is 0 Å². The van der Waals surface area contributed by atoms with Gasteiger partial charge in [-0.25, -0.2) is 0 Å². The molecule has 0 N–H and O–H groups in total. The van der Waals surface area contributed by atoms with E-state index in [1.54, 1.807) is 0 Å². The van der Waals surface area contributed by atoms with Crippen LogP contribution in [0.25, 0.3) is 0 Å². The van der Waals surface area contributed by atoms with Gasteiger partial charge < -0.3 is 0 Å². The summed E-state index contributed by atoms with van der Waals surface area (Å²) >= 11 is 6.12. The van der Waals surface area contributed by atoms with Crippen molar-refractivity contribution in [3.05, 3.63) is 71.3 Å². The lowest BCUT2D eigenvalue weighted by molar-refractivity contribution is 0.638. The van der Waals surface area contributed by atoms with Crippen molar-refractivity contribution in [1.29, 1.82) is 0 Å². The third-order valence-corrected chi connectivity index (χ3v) is 3.97. The van der Waals surface area contributed by atoms with E-state index in [0.29, 0.717) is 11.8 Å². The number of alkyl halides is 1.